The molecule has 146 valence electrons. The first-order valence-electron chi connectivity index (χ1n) is 9.37. The fourth-order valence-corrected chi connectivity index (χ4v) is 3.63. The summed E-state index contributed by atoms with van der Waals surface area (Å²) >= 11 is 1.64. The number of hydrogen-bond acceptors (Lipinski definition) is 4. The Hall–Kier alpha value is -2.73. The zero-order chi connectivity index (χ0) is 20.1. The summed E-state index contributed by atoms with van der Waals surface area (Å²) < 4.78 is 1.14. The van der Waals surface area contributed by atoms with Gasteiger partial charge in [-0.15, -0.1) is 11.3 Å². The van der Waals surface area contributed by atoms with Crippen molar-refractivity contribution in [1.82, 2.24) is 10.3 Å². The summed E-state index contributed by atoms with van der Waals surface area (Å²) in [4.78, 5) is 28.7. The minimum atomic E-state index is -0.413. The molecule has 0 saturated heterocycles. The number of anilines is 1. The van der Waals surface area contributed by atoms with Crippen LogP contribution in [0.2, 0.25) is 0 Å². The van der Waals surface area contributed by atoms with Gasteiger partial charge < -0.3 is 10.6 Å². The van der Waals surface area contributed by atoms with Crippen molar-refractivity contribution in [2.45, 2.75) is 33.6 Å². The summed E-state index contributed by atoms with van der Waals surface area (Å²) in [6.45, 7) is 6.10. The van der Waals surface area contributed by atoms with Crippen LogP contribution >= 0.6 is 11.3 Å². The number of nitrogens with zero attached hydrogens (tertiary/aromatic N) is 1. The Balaban J connectivity index is 1.55. The third-order valence-electron chi connectivity index (χ3n) is 4.23. The van der Waals surface area contributed by atoms with Crippen LogP contribution in [-0.4, -0.2) is 23.3 Å². The summed E-state index contributed by atoms with van der Waals surface area (Å²) in [6.07, 6.45) is 0.959. The standard InChI is InChI=1S/C22H25N3O2S/c1-22(2,3)21(27)23-13-7-12-19(26)24-16-9-6-8-15(14-16)20-25-17-10-4-5-11-18(17)28-20/h4-6,8-11,14H,7,12-13H2,1-3H3,(H,23,27)(H,24,26). The molecule has 0 aliphatic heterocycles. The Morgan fingerprint density at radius 1 is 1.07 bits per heavy atom. The zero-order valence-electron chi connectivity index (χ0n) is 16.4. The minimum absolute atomic E-state index is 0.00329. The topological polar surface area (TPSA) is 71.1 Å². The summed E-state index contributed by atoms with van der Waals surface area (Å²) in [6, 6.07) is 15.8. The molecule has 0 bridgehead atoms. The van der Waals surface area contributed by atoms with E-state index in [1.165, 1.54) is 0 Å². The van der Waals surface area contributed by atoms with Gasteiger partial charge in [-0.3, -0.25) is 9.59 Å². The van der Waals surface area contributed by atoms with Gasteiger partial charge in [-0.05, 0) is 30.7 Å². The van der Waals surface area contributed by atoms with Gasteiger partial charge in [0.25, 0.3) is 0 Å². The van der Waals surface area contributed by atoms with E-state index in [0.29, 0.717) is 19.4 Å². The second-order valence-corrected chi connectivity index (χ2v) is 8.76. The first kappa shape index (κ1) is 20.0. The maximum atomic E-state index is 12.2. The van der Waals surface area contributed by atoms with E-state index in [9.17, 15) is 9.59 Å². The molecule has 0 fully saturated rings. The molecule has 1 aromatic heterocycles. The molecule has 0 radical (unpaired) electrons. The van der Waals surface area contributed by atoms with E-state index in [1.54, 1.807) is 11.3 Å². The molecule has 0 atom stereocenters. The number of thiazole rings is 1. The van der Waals surface area contributed by atoms with Crippen molar-refractivity contribution in [3.05, 3.63) is 48.5 Å². The molecule has 0 aliphatic carbocycles. The number of aromatic nitrogens is 1. The largest absolute Gasteiger partial charge is 0.356 e. The van der Waals surface area contributed by atoms with Crippen LogP contribution < -0.4 is 10.6 Å². The van der Waals surface area contributed by atoms with Gasteiger partial charge in [0.1, 0.15) is 5.01 Å². The first-order chi connectivity index (χ1) is 13.3. The van der Waals surface area contributed by atoms with Gasteiger partial charge in [-0.1, -0.05) is 45.0 Å². The number of carbonyl (C=O) groups is 2. The van der Waals surface area contributed by atoms with E-state index in [1.807, 2.05) is 63.2 Å². The maximum absolute atomic E-state index is 12.2. The number of benzene rings is 2. The number of hydrogen-bond donors (Lipinski definition) is 2. The van der Waals surface area contributed by atoms with Gasteiger partial charge in [0, 0.05) is 29.6 Å². The van der Waals surface area contributed by atoms with Crippen LogP contribution in [0.1, 0.15) is 33.6 Å². The van der Waals surface area contributed by atoms with Gasteiger partial charge in [-0.25, -0.2) is 4.98 Å². The van der Waals surface area contributed by atoms with Gasteiger partial charge in [0.05, 0.1) is 10.2 Å². The zero-order valence-corrected chi connectivity index (χ0v) is 17.2. The number of para-hydroxylation sites is 1. The second kappa shape index (κ2) is 8.52. The highest BCUT2D eigenvalue weighted by atomic mass is 32.1. The highest BCUT2D eigenvalue weighted by Crippen LogP contribution is 2.31. The number of carbonyl (C=O) groups excluding carboxylic acids is 2. The first-order valence-corrected chi connectivity index (χ1v) is 10.2. The minimum Gasteiger partial charge on any atom is -0.356 e. The van der Waals surface area contributed by atoms with Crippen LogP contribution in [0.4, 0.5) is 5.69 Å². The van der Waals surface area contributed by atoms with E-state index in [2.05, 4.69) is 21.7 Å². The van der Waals surface area contributed by atoms with Crippen molar-refractivity contribution in [1.29, 1.82) is 0 Å². The molecule has 2 amide bonds. The molecule has 6 heteroatoms. The number of amides is 2. The van der Waals surface area contributed by atoms with Crippen LogP contribution in [0.5, 0.6) is 0 Å². The molecule has 2 aromatic carbocycles. The molecular weight excluding hydrogens is 370 g/mol. The molecule has 5 nitrogen and oxygen atoms in total. The third-order valence-corrected chi connectivity index (χ3v) is 5.32. The normalized spacial score (nSPS) is 11.4. The average molecular weight is 396 g/mol. The van der Waals surface area contributed by atoms with Crippen molar-refractivity contribution in [2.24, 2.45) is 5.41 Å². The van der Waals surface area contributed by atoms with E-state index in [4.69, 9.17) is 0 Å². The molecule has 28 heavy (non-hydrogen) atoms. The molecule has 0 spiro atoms. The fourth-order valence-electron chi connectivity index (χ4n) is 2.67. The summed E-state index contributed by atoms with van der Waals surface area (Å²) in [5, 5.41) is 6.72. The second-order valence-electron chi connectivity index (χ2n) is 7.73. The van der Waals surface area contributed by atoms with Crippen molar-refractivity contribution in [3.8, 4) is 10.6 Å². The molecule has 0 saturated carbocycles. The van der Waals surface area contributed by atoms with Gasteiger partial charge >= 0.3 is 0 Å². The Morgan fingerprint density at radius 2 is 1.86 bits per heavy atom. The van der Waals surface area contributed by atoms with Gasteiger partial charge in [0.2, 0.25) is 11.8 Å². The van der Waals surface area contributed by atoms with Crippen molar-refractivity contribution < 1.29 is 9.59 Å². The SMILES string of the molecule is CC(C)(C)C(=O)NCCCC(=O)Nc1cccc(-c2nc3ccccc3s2)c1. The van der Waals surface area contributed by atoms with E-state index in [-0.39, 0.29) is 11.8 Å². The Bertz CT molecular complexity index is 956. The molecule has 3 aromatic rings. The predicted octanol–water partition coefficient (Wildman–Crippen LogP) is 4.84. The van der Waals surface area contributed by atoms with Crippen molar-refractivity contribution in [2.75, 3.05) is 11.9 Å². The molecular formula is C22H25N3O2S. The Kier molecular flexibility index (Phi) is 6.09. The fraction of sp³-hybridized carbons (Fsp3) is 0.318. The Morgan fingerprint density at radius 3 is 2.61 bits per heavy atom. The number of fused-ring (bicyclic) bond motifs is 1. The lowest BCUT2D eigenvalue weighted by Crippen LogP contribution is -2.35. The molecule has 1 heterocycles. The van der Waals surface area contributed by atoms with Crippen LogP contribution in [0, 0.1) is 5.41 Å². The van der Waals surface area contributed by atoms with Crippen molar-refractivity contribution >= 4 is 39.1 Å². The molecule has 2 N–H and O–H groups in total. The molecule has 0 unspecified atom stereocenters. The maximum Gasteiger partial charge on any atom is 0.225 e. The van der Waals surface area contributed by atoms with Crippen LogP contribution in [-0.2, 0) is 9.59 Å². The lowest BCUT2D eigenvalue weighted by Gasteiger charge is -2.17. The number of nitrogens with one attached hydrogen (secondary N) is 2. The van der Waals surface area contributed by atoms with E-state index >= 15 is 0 Å². The van der Waals surface area contributed by atoms with Crippen LogP contribution in [0.3, 0.4) is 0 Å². The van der Waals surface area contributed by atoms with Gasteiger partial charge in [0.15, 0.2) is 0 Å². The number of rotatable bonds is 6. The summed E-state index contributed by atoms with van der Waals surface area (Å²) in [7, 11) is 0. The third kappa shape index (κ3) is 5.16. The van der Waals surface area contributed by atoms with Crippen LogP contribution in [0.15, 0.2) is 48.5 Å². The van der Waals surface area contributed by atoms with Gasteiger partial charge in [-0.2, -0.15) is 0 Å². The van der Waals surface area contributed by atoms with Crippen LogP contribution in [0.25, 0.3) is 20.8 Å². The highest BCUT2D eigenvalue weighted by Gasteiger charge is 2.20. The Labute approximate surface area is 169 Å². The quantitative estimate of drug-likeness (QED) is 0.587. The molecule has 0 aliphatic rings. The predicted molar refractivity (Wildman–Crippen MR) is 115 cm³/mol. The highest BCUT2D eigenvalue weighted by molar-refractivity contribution is 7.21. The van der Waals surface area contributed by atoms with E-state index < -0.39 is 5.41 Å². The van der Waals surface area contributed by atoms with E-state index in [0.717, 1.165) is 26.5 Å². The lowest BCUT2D eigenvalue weighted by atomic mass is 9.96. The summed E-state index contributed by atoms with van der Waals surface area (Å²) in [5.41, 5.74) is 2.30. The summed E-state index contributed by atoms with van der Waals surface area (Å²) in [5.74, 6) is -0.0668. The average Bonchev–Trinajstić information content (AvgIpc) is 3.09. The monoisotopic (exact) mass is 395 g/mol. The van der Waals surface area contributed by atoms with Crippen molar-refractivity contribution in [3.63, 3.8) is 0 Å². The smallest absolute Gasteiger partial charge is 0.225 e. The lowest BCUT2D eigenvalue weighted by molar-refractivity contribution is -0.128. The molecule has 3 rings (SSSR count).